The number of hydrogen-bond donors (Lipinski definition) is 1. The molecular formula is C13H17FN2O. The van der Waals surface area contributed by atoms with Gasteiger partial charge in [-0.05, 0) is 24.8 Å². The van der Waals surface area contributed by atoms with E-state index in [2.05, 4.69) is 10.3 Å². The molecule has 1 heterocycles. The lowest BCUT2D eigenvalue weighted by atomic mass is 9.89. The minimum atomic E-state index is -0.561. The number of halogens is 1. The fourth-order valence-electron chi connectivity index (χ4n) is 2.28. The molecule has 4 heteroatoms. The van der Waals surface area contributed by atoms with Crippen LogP contribution in [0, 0.1) is 11.7 Å². The number of carbonyl (C=O) groups is 1. The number of carbonyl (C=O) groups excluding carboxylic acids is 1. The van der Waals surface area contributed by atoms with Crippen LogP contribution >= 0.6 is 0 Å². The maximum absolute atomic E-state index is 13.3. The van der Waals surface area contributed by atoms with Crippen molar-refractivity contribution in [1.29, 1.82) is 0 Å². The number of pyridine rings is 1. The SMILES string of the molecule is O=C(NCC1CCCCC1)c1ccncc1F. The molecule has 1 aromatic rings. The van der Waals surface area contributed by atoms with E-state index in [0.29, 0.717) is 12.5 Å². The second-order valence-corrected chi connectivity index (χ2v) is 4.57. The zero-order valence-corrected chi connectivity index (χ0v) is 9.79. The summed E-state index contributed by atoms with van der Waals surface area (Å²) in [6.07, 6.45) is 8.60. The standard InChI is InChI=1S/C13H17FN2O/c14-12-9-15-7-6-11(12)13(17)16-8-10-4-2-1-3-5-10/h6-7,9-10H,1-5,8H2,(H,16,17). The Bertz CT molecular complexity index is 389. The van der Waals surface area contributed by atoms with Crippen molar-refractivity contribution in [1.82, 2.24) is 10.3 Å². The Kier molecular flexibility index (Phi) is 4.07. The largest absolute Gasteiger partial charge is 0.352 e. The quantitative estimate of drug-likeness (QED) is 0.876. The predicted molar refractivity (Wildman–Crippen MR) is 63.1 cm³/mol. The molecule has 1 aliphatic rings. The second-order valence-electron chi connectivity index (χ2n) is 4.57. The number of nitrogens with zero attached hydrogens (tertiary/aromatic N) is 1. The molecular weight excluding hydrogens is 219 g/mol. The summed E-state index contributed by atoms with van der Waals surface area (Å²) in [4.78, 5) is 15.4. The van der Waals surface area contributed by atoms with Gasteiger partial charge in [0.2, 0.25) is 0 Å². The molecule has 0 atom stereocenters. The lowest BCUT2D eigenvalue weighted by Gasteiger charge is -2.21. The minimum absolute atomic E-state index is 0.0795. The molecule has 92 valence electrons. The molecule has 0 saturated heterocycles. The lowest BCUT2D eigenvalue weighted by Crippen LogP contribution is -2.30. The highest BCUT2D eigenvalue weighted by molar-refractivity contribution is 5.94. The Hall–Kier alpha value is -1.45. The third-order valence-electron chi connectivity index (χ3n) is 3.29. The van der Waals surface area contributed by atoms with Crippen molar-refractivity contribution < 1.29 is 9.18 Å². The van der Waals surface area contributed by atoms with Crippen LogP contribution in [0.5, 0.6) is 0 Å². The lowest BCUT2D eigenvalue weighted by molar-refractivity contribution is 0.0939. The first kappa shape index (κ1) is 12.0. The smallest absolute Gasteiger partial charge is 0.254 e. The van der Waals surface area contributed by atoms with Crippen molar-refractivity contribution in [2.24, 2.45) is 5.92 Å². The number of hydrogen-bond acceptors (Lipinski definition) is 2. The van der Waals surface area contributed by atoms with Gasteiger partial charge in [-0.1, -0.05) is 19.3 Å². The fraction of sp³-hybridized carbons (Fsp3) is 0.538. The maximum atomic E-state index is 13.3. The van der Waals surface area contributed by atoms with E-state index in [1.165, 1.54) is 44.4 Å². The van der Waals surface area contributed by atoms with Crippen LogP contribution in [-0.2, 0) is 0 Å². The van der Waals surface area contributed by atoms with Crippen molar-refractivity contribution in [3.8, 4) is 0 Å². The Morgan fingerprint density at radius 3 is 2.88 bits per heavy atom. The summed E-state index contributed by atoms with van der Waals surface area (Å²) in [6.45, 7) is 0.653. The van der Waals surface area contributed by atoms with Gasteiger partial charge in [-0.2, -0.15) is 0 Å². The molecule has 1 amide bonds. The average Bonchev–Trinajstić information content (AvgIpc) is 2.38. The van der Waals surface area contributed by atoms with E-state index in [1.807, 2.05) is 0 Å². The predicted octanol–water partition coefficient (Wildman–Crippen LogP) is 2.53. The summed E-state index contributed by atoms with van der Waals surface area (Å²) in [6, 6.07) is 1.41. The zero-order chi connectivity index (χ0) is 12.1. The molecule has 1 saturated carbocycles. The van der Waals surface area contributed by atoms with Crippen molar-refractivity contribution in [3.63, 3.8) is 0 Å². The van der Waals surface area contributed by atoms with Gasteiger partial charge in [0.15, 0.2) is 5.82 Å². The highest BCUT2D eigenvalue weighted by Gasteiger charge is 2.16. The fourth-order valence-corrected chi connectivity index (χ4v) is 2.28. The Morgan fingerprint density at radius 1 is 1.41 bits per heavy atom. The molecule has 1 aliphatic carbocycles. The maximum Gasteiger partial charge on any atom is 0.254 e. The van der Waals surface area contributed by atoms with E-state index >= 15 is 0 Å². The van der Waals surface area contributed by atoms with Crippen LogP contribution in [0.2, 0.25) is 0 Å². The highest BCUT2D eigenvalue weighted by atomic mass is 19.1. The molecule has 17 heavy (non-hydrogen) atoms. The summed E-state index contributed by atoms with van der Waals surface area (Å²) >= 11 is 0. The topological polar surface area (TPSA) is 42.0 Å². The monoisotopic (exact) mass is 236 g/mol. The summed E-state index contributed by atoms with van der Waals surface area (Å²) in [5, 5.41) is 2.80. The van der Waals surface area contributed by atoms with Crippen LogP contribution in [0.15, 0.2) is 18.5 Å². The summed E-state index contributed by atoms with van der Waals surface area (Å²) in [7, 11) is 0. The third kappa shape index (κ3) is 3.25. The molecule has 0 spiro atoms. The van der Waals surface area contributed by atoms with Crippen LogP contribution in [0.1, 0.15) is 42.5 Å². The number of rotatable bonds is 3. The van der Waals surface area contributed by atoms with E-state index < -0.39 is 5.82 Å². The van der Waals surface area contributed by atoms with Crippen molar-refractivity contribution in [3.05, 3.63) is 29.8 Å². The molecule has 0 unspecified atom stereocenters. The van der Waals surface area contributed by atoms with Crippen molar-refractivity contribution >= 4 is 5.91 Å². The van der Waals surface area contributed by atoms with Crippen LogP contribution in [0.4, 0.5) is 4.39 Å². The van der Waals surface area contributed by atoms with E-state index in [1.54, 1.807) is 0 Å². The van der Waals surface area contributed by atoms with Gasteiger partial charge in [0.1, 0.15) is 0 Å². The Morgan fingerprint density at radius 2 is 2.18 bits per heavy atom. The van der Waals surface area contributed by atoms with E-state index in [4.69, 9.17) is 0 Å². The Balaban J connectivity index is 1.87. The summed E-state index contributed by atoms with van der Waals surface area (Å²) in [5.41, 5.74) is 0.0795. The molecule has 3 nitrogen and oxygen atoms in total. The molecule has 0 bridgehead atoms. The molecule has 1 N–H and O–H groups in total. The van der Waals surface area contributed by atoms with Crippen LogP contribution in [-0.4, -0.2) is 17.4 Å². The van der Waals surface area contributed by atoms with E-state index in [-0.39, 0.29) is 11.5 Å². The molecule has 0 aromatic carbocycles. The average molecular weight is 236 g/mol. The zero-order valence-electron chi connectivity index (χ0n) is 9.79. The summed E-state index contributed by atoms with van der Waals surface area (Å²) < 4.78 is 13.3. The normalized spacial score (nSPS) is 16.8. The van der Waals surface area contributed by atoms with Gasteiger partial charge in [0.05, 0.1) is 11.8 Å². The van der Waals surface area contributed by atoms with Crippen molar-refractivity contribution in [2.45, 2.75) is 32.1 Å². The van der Waals surface area contributed by atoms with Gasteiger partial charge in [-0.3, -0.25) is 9.78 Å². The first-order valence-corrected chi connectivity index (χ1v) is 6.15. The van der Waals surface area contributed by atoms with E-state index in [0.717, 1.165) is 6.20 Å². The van der Waals surface area contributed by atoms with Crippen LogP contribution < -0.4 is 5.32 Å². The number of nitrogens with one attached hydrogen (secondary N) is 1. The molecule has 2 rings (SSSR count). The minimum Gasteiger partial charge on any atom is -0.352 e. The van der Waals surface area contributed by atoms with Gasteiger partial charge in [-0.15, -0.1) is 0 Å². The van der Waals surface area contributed by atoms with Crippen molar-refractivity contribution in [2.75, 3.05) is 6.54 Å². The van der Waals surface area contributed by atoms with E-state index in [9.17, 15) is 9.18 Å². The Labute approximate surface area is 100 Å². The van der Waals surface area contributed by atoms with Gasteiger partial charge in [0, 0.05) is 12.7 Å². The molecule has 0 radical (unpaired) electrons. The first-order chi connectivity index (χ1) is 8.27. The third-order valence-corrected chi connectivity index (χ3v) is 3.29. The van der Waals surface area contributed by atoms with Gasteiger partial charge in [-0.25, -0.2) is 4.39 Å². The van der Waals surface area contributed by atoms with Crippen LogP contribution in [0.3, 0.4) is 0 Å². The van der Waals surface area contributed by atoms with Gasteiger partial charge < -0.3 is 5.32 Å². The first-order valence-electron chi connectivity index (χ1n) is 6.15. The number of aromatic nitrogens is 1. The highest BCUT2D eigenvalue weighted by Crippen LogP contribution is 2.22. The van der Waals surface area contributed by atoms with Crippen LogP contribution in [0.25, 0.3) is 0 Å². The molecule has 0 aliphatic heterocycles. The molecule has 1 aromatic heterocycles. The van der Waals surface area contributed by atoms with Gasteiger partial charge >= 0.3 is 0 Å². The second kappa shape index (κ2) is 5.75. The molecule has 1 fully saturated rings. The summed E-state index contributed by atoms with van der Waals surface area (Å²) in [5.74, 6) is -0.346. The number of amides is 1. The van der Waals surface area contributed by atoms with Gasteiger partial charge in [0.25, 0.3) is 5.91 Å².